The van der Waals surface area contributed by atoms with Crippen molar-refractivity contribution in [2.45, 2.75) is 70.1 Å². The molecule has 1 saturated carbocycles. The quantitative estimate of drug-likeness (QED) is 0.597. The van der Waals surface area contributed by atoms with Gasteiger partial charge in [-0.05, 0) is 37.8 Å². The lowest BCUT2D eigenvalue weighted by Crippen LogP contribution is -2.37. The van der Waals surface area contributed by atoms with Crippen LogP contribution < -0.4 is 10.9 Å². The topological polar surface area (TPSA) is 64.0 Å². The molecule has 1 aromatic carbocycles. The fourth-order valence-corrected chi connectivity index (χ4v) is 4.36. The Morgan fingerprint density at radius 3 is 2.63 bits per heavy atom. The van der Waals surface area contributed by atoms with Crippen LogP contribution in [0.15, 0.2) is 34.2 Å². The van der Waals surface area contributed by atoms with Gasteiger partial charge in [-0.25, -0.2) is 4.98 Å². The number of fused-ring (bicyclic) bond motifs is 1. The molecule has 1 aromatic heterocycles. The molecule has 0 bridgehead atoms. The van der Waals surface area contributed by atoms with Gasteiger partial charge in [0.25, 0.3) is 5.56 Å². The van der Waals surface area contributed by atoms with Crippen LogP contribution in [0.5, 0.6) is 0 Å². The van der Waals surface area contributed by atoms with Crippen molar-refractivity contribution in [1.82, 2.24) is 14.9 Å². The lowest BCUT2D eigenvalue weighted by atomic mass is 9.95. The van der Waals surface area contributed by atoms with E-state index in [9.17, 15) is 9.59 Å². The predicted molar refractivity (Wildman–Crippen MR) is 111 cm³/mol. The van der Waals surface area contributed by atoms with Gasteiger partial charge >= 0.3 is 0 Å². The smallest absolute Gasteiger partial charge is 0.262 e. The molecule has 0 saturated heterocycles. The number of hydrogen-bond donors (Lipinski definition) is 1. The van der Waals surface area contributed by atoms with E-state index in [4.69, 9.17) is 4.98 Å². The molecule has 1 aliphatic rings. The first kappa shape index (κ1) is 19.9. The summed E-state index contributed by atoms with van der Waals surface area (Å²) < 4.78 is 1.85. The van der Waals surface area contributed by atoms with Crippen molar-refractivity contribution in [3.8, 4) is 0 Å². The fourth-order valence-electron chi connectivity index (χ4n) is 3.48. The molecular weight excluding hydrogens is 358 g/mol. The second kappa shape index (κ2) is 8.91. The van der Waals surface area contributed by atoms with Crippen molar-refractivity contribution in [3.63, 3.8) is 0 Å². The van der Waals surface area contributed by atoms with Gasteiger partial charge in [-0.1, -0.05) is 57.0 Å². The molecule has 146 valence electrons. The Morgan fingerprint density at radius 2 is 1.93 bits per heavy atom. The Morgan fingerprint density at radius 1 is 1.22 bits per heavy atom. The van der Waals surface area contributed by atoms with Gasteiger partial charge in [0.05, 0.1) is 16.7 Å². The Labute approximate surface area is 164 Å². The molecule has 0 radical (unpaired) electrons. The minimum atomic E-state index is -0.0150. The van der Waals surface area contributed by atoms with E-state index in [-0.39, 0.29) is 29.3 Å². The van der Waals surface area contributed by atoms with Crippen molar-refractivity contribution in [2.75, 3.05) is 5.75 Å². The van der Waals surface area contributed by atoms with E-state index in [1.807, 2.05) is 35.8 Å². The average Bonchev–Trinajstić information content (AvgIpc) is 2.67. The van der Waals surface area contributed by atoms with Crippen molar-refractivity contribution >= 4 is 28.6 Å². The number of carbonyl (C=O) groups excluding carboxylic acids is 1. The zero-order chi connectivity index (χ0) is 19.4. The number of para-hydroxylation sites is 1. The molecule has 27 heavy (non-hydrogen) atoms. The number of benzene rings is 1. The molecular formula is C21H29N3O2S. The molecule has 1 fully saturated rings. The van der Waals surface area contributed by atoms with Crippen LogP contribution in [-0.2, 0) is 4.79 Å². The molecule has 1 amide bonds. The normalized spacial score (nSPS) is 16.6. The molecule has 0 spiro atoms. The maximum absolute atomic E-state index is 13.2. The fraction of sp³-hybridized carbons (Fsp3) is 0.571. The Balaban J connectivity index is 1.88. The monoisotopic (exact) mass is 387 g/mol. The van der Waals surface area contributed by atoms with Gasteiger partial charge in [-0.15, -0.1) is 0 Å². The molecule has 1 N–H and O–H groups in total. The highest BCUT2D eigenvalue weighted by Crippen LogP contribution is 2.31. The highest BCUT2D eigenvalue weighted by atomic mass is 32.2. The Bertz CT molecular complexity index is 856. The van der Waals surface area contributed by atoms with Gasteiger partial charge < -0.3 is 5.32 Å². The van der Waals surface area contributed by atoms with Gasteiger partial charge in [-0.3, -0.25) is 14.2 Å². The van der Waals surface area contributed by atoms with E-state index in [1.165, 1.54) is 18.2 Å². The van der Waals surface area contributed by atoms with Crippen LogP contribution in [0.25, 0.3) is 10.9 Å². The molecule has 5 nitrogen and oxygen atoms in total. The van der Waals surface area contributed by atoms with Crippen molar-refractivity contribution in [3.05, 3.63) is 34.6 Å². The maximum atomic E-state index is 13.2. The standard InChI is InChI=1S/C21H29N3O2S/c1-14(2)15(3)22-19(25)13-27-21-23-18-12-8-7-11-17(18)20(26)24(21)16-9-5-4-6-10-16/h7-8,11-12,14-16H,4-6,9-10,13H2,1-3H3,(H,22,25)/t15-/m0/s1. The minimum Gasteiger partial charge on any atom is -0.353 e. The SMILES string of the molecule is CC(C)[C@H](C)NC(=O)CSc1nc2ccccc2c(=O)n1C1CCCCC1. The van der Waals surface area contributed by atoms with Gasteiger partial charge in [0.15, 0.2) is 5.16 Å². The third kappa shape index (κ3) is 4.72. The second-order valence-corrected chi connectivity index (χ2v) is 8.71. The number of carbonyl (C=O) groups is 1. The largest absolute Gasteiger partial charge is 0.353 e. The lowest BCUT2D eigenvalue weighted by molar-refractivity contribution is -0.119. The number of amides is 1. The van der Waals surface area contributed by atoms with E-state index in [0.29, 0.717) is 22.0 Å². The van der Waals surface area contributed by atoms with Crippen LogP contribution in [0, 0.1) is 5.92 Å². The molecule has 0 aliphatic heterocycles. The highest BCUT2D eigenvalue weighted by molar-refractivity contribution is 7.99. The zero-order valence-electron chi connectivity index (χ0n) is 16.4. The molecule has 0 unspecified atom stereocenters. The van der Waals surface area contributed by atoms with Crippen molar-refractivity contribution < 1.29 is 4.79 Å². The van der Waals surface area contributed by atoms with Crippen LogP contribution >= 0.6 is 11.8 Å². The molecule has 6 heteroatoms. The van der Waals surface area contributed by atoms with Gasteiger partial charge in [-0.2, -0.15) is 0 Å². The summed E-state index contributed by atoms with van der Waals surface area (Å²) in [7, 11) is 0. The molecule has 1 aliphatic carbocycles. The van der Waals surface area contributed by atoms with E-state index in [0.717, 1.165) is 25.7 Å². The Kier molecular flexibility index (Phi) is 6.58. The van der Waals surface area contributed by atoms with Crippen LogP contribution in [-0.4, -0.2) is 27.3 Å². The first-order valence-electron chi connectivity index (χ1n) is 9.91. The number of hydrogen-bond acceptors (Lipinski definition) is 4. The second-order valence-electron chi connectivity index (χ2n) is 7.77. The number of nitrogens with one attached hydrogen (secondary N) is 1. The summed E-state index contributed by atoms with van der Waals surface area (Å²) in [6, 6.07) is 7.80. The van der Waals surface area contributed by atoms with Crippen LogP contribution in [0.2, 0.25) is 0 Å². The predicted octanol–water partition coefficient (Wildman–Crippen LogP) is 4.15. The molecule has 1 atom stereocenters. The van der Waals surface area contributed by atoms with Crippen molar-refractivity contribution in [1.29, 1.82) is 0 Å². The average molecular weight is 388 g/mol. The van der Waals surface area contributed by atoms with E-state index < -0.39 is 0 Å². The summed E-state index contributed by atoms with van der Waals surface area (Å²) in [6.07, 6.45) is 5.51. The van der Waals surface area contributed by atoms with Crippen molar-refractivity contribution in [2.24, 2.45) is 5.92 Å². The summed E-state index contributed by atoms with van der Waals surface area (Å²) in [6.45, 7) is 6.19. The third-order valence-corrected chi connectivity index (χ3v) is 6.39. The van der Waals surface area contributed by atoms with Crippen LogP contribution in [0.3, 0.4) is 0 Å². The van der Waals surface area contributed by atoms with Gasteiger partial charge in [0.2, 0.25) is 5.91 Å². The first-order chi connectivity index (χ1) is 13.0. The van der Waals surface area contributed by atoms with E-state index in [1.54, 1.807) is 0 Å². The van der Waals surface area contributed by atoms with Crippen LogP contribution in [0.4, 0.5) is 0 Å². The number of thioether (sulfide) groups is 1. The minimum absolute atomic E-state index is 0.0150. The highest BCUT2D eigenvalue weighted by Gasteiger charge is 2.22. The third-order valence-electron chi connectivity index (χ3n) is 5.44. The van der Waals surface area contributed by atoms with Gasteiger partial charge in [0, 0.05) is 12.1 Å². The van der Waals surface area contributed by atoms with Gasteiger partial charge in [0.1, 0.15) is 0 Å². The first-order valence-corrected chi connectivity index (χ1v) is 10.9. The number of nitrogens with zero attached hydrogens (tertiary/aromatic N) is 2. The van der Waals surface area contributed by atoms with E-state index in [2.05, 4.69) is 19.2 Å². The summed E-state index contributed by atoms with van der Waals surface area (Å²) in [4.78, 5) is 30.2. The summed E-state index contributed by atoms with van der Waals surface area (Å²) in [5.74, 6) is 0.645. The van der Waals surface area contributed by atoms with E-state index >= 15 is 0 Å². The lowest BCUT2D eigenvalue weighted by Gasteiger charge is -2.26. The molecule has 3 rings (SSSR count). The summed E-state index contributed by atoms with van der Waals surface area (Å²) >= 11 is 1.37. The molecule has 2 aromatic rings. The Hall–Kier alpha value is -1.82. The summed E-state index contributed by atoms with van der Waals surface area (Å²) in [5, 5.41) is 4.35. The van der Waals surface area contributed by atoms with Crippen LogP contribution in [0.1, 0.15) is 58.9 Å². The maximum Gasteiger partial charge on any atom is 0.262 e. The zero-order valence-corrected chi connectivity index (χ0v) is 17.2. The molecule has 1 heterocycles. The number of aromatic nitrogens is 2. The summed E-state index contributed by atoms with van der Waals surface area (Å²) in [5.41, 5.74) is 0.721. The number of rotatable bonds is 6.